The lowest BCUT2D eigenvalue weighted by molar-refractivity contribution is 1.08. The van der Waals surface area contributed by atoms with Gasteiger partial charge in [-0.2, -0.15) is 0 Å². The molecule has 6 aromatic carbocycles. The third-order valence-corrected chi connectivity index (χ3v) is 12.3. The third-order valence-electron chi connectivity index (χ3n) is 8.77. The molecule has 0 fully saturated rings. The summed E-state index contributed by atoms with van der Waals surface area (Å²) in [4.78, 5) is 15.5. The molecule has 0 amide bonds. The van der Waals surface area contributed by atoms with Crippen molar-refractivity contribution in [2.45, 2.75) is 13.1 Å². The quantitative estimate of drug-likeness (QED) is 0.200. The number of benzene rings is 6. The van der Waals surface area contributed by atoms with Gasteiger partial charge in [0.2, 0.25) is 0 Å². The van der Waals surface area contributed by atoms with Gasteiger partial charge in [0.05, 0.1) is 0 Å². The van der Waals surface area contributed by atoms with Gasteiger partial charge < -0.3 is 0 Å². The fraction of sp³-hybridized carbons (Fsp3) is 0.0513. The zero-order chi connectivity index (χ0) is 29.0. The van der Waals surface area contributed by atoms with Crippen molar-refractivity contribution in [2.24, 2.45) is 0 Å². The minimum Gasteiger partial charge on any atom is -0.208 e. The molecular weight excluding hydrogens is 539 g/mol. The zero-order valence-corrected chi connectivity index (χ0v) is 25.1. The van der Waals surface area contributed by atoms with E-state index in [0.29, 0.717) is 17.5 Å². The topological polar surface area (TPSA) is 38.7 Å². The fourth-order valence-corrected chi connectivity index (χ4v) is 9.73. The molecule has 1 aromatic heterocycles. The Labute approximate surface area is 252 Å². The zero-order valence-electron chi connectivity index (χ0n) is 24.1. The average Bonchev–Trinajstić information content (AvgIpc) is 3.31. The Balaban J connectivity index is 1.39. The summed E-state index contributed by atoms with van der Waals surface area (Å²) < 4.78 is 0. The second-order valence-electron chi connectivity index (χ2n) is 11.6. The first-order valence-electron chi connectivity index (χ1n) is 14.7. The Morgan fingerprint density at radius 2 is 0.884 bits per heavy atom. The van der Waals surface area contributed by atoms with E-state index in [-0.39, 0.29) is 0 Å². The fourth-order valence-electron chi connectivity index (χ4n) is 6.64. The second-order valence-corrected chi connectivity index (χ2v) is 16.0. The first kappa shape index (κ1) is 25.5. The van der Waals surface area contributed by atoms with Crippen molar-refractivity contribution in [1.82, 2.24) is 15.0 Å². The molecule has 0 aliphatic carbocycles. The monoisotopic (exact) mass is 567 g/mol. The van der Waals surface area contributed by atoms with Crippen molar-refractivity contribution in [3.05, 3.63) is 140 Å². The Morgan fingerprint density at radius 3 is 1.63 bits per heavy atom. The van der Waals surface area contributed by atoms with E-state index in [0.717, 1.165) is 22.1 Å². The Morgan fingerprint density at radius 1 is 0.372 bits per heavy atom. The second kappa shape index (κ2) is 9.97. The molecule has 0 saturated heterocycles. The minimum absolute atomic E-state index is 0.678. The van der Waals surface area contributed by atoms with Crippen LogP contribution < -0.4 is 10.4 Å². The van der Waals surface area contributed by atoms with Crippen LogP contribution in [0.25, 0.3) is 67.2 Å². The number of hydrogen-bond acceptors (Lipinski definition) is 3. The molecule has 0 unspecified atom stereocenters. The SMILES string of the molecule is C[Si]1(C)c2ccccc2-c2c(-c3nc(-c4ccccc4)nc(-c4ccc(-c5ccccc5)c5ccccc45)n3)cccc21. The number of aromatic nitrogens is 3. The van der Waals surface area contributed by atoms with Gasteiger partial charge in [0.1, 0.15) is 8.07 Å². The van der Waals surface area contributed by atoms with Crippen LogP contribution in [0.1, 0.15) is 0 Å². The average molecular weight is 568 g/mol. The van der Waals surface area contributed by atoms with Crippen LogP contribution >= 0.6 is 0 Å². The Hall–Kier alpha value is -5.19. The van der Waals surface area contributed by atoms with Crippen LogP contribution in [0.2, 0.25) is 13.1 Å². The van der Waals surface area contributed by atoms with Gasteiger partial charge in [0.25, 0.3) is 0 Å². The van der Waals surface area contributed by atoms with E-state index in [2.05, 4.69) is 134 Å². The van der Waals surface area contributed by atoms with E-state index < -0.39 is 8.07 Å². The van der Waals surface area contributed by atoms with Crippen molar-refractivity contribution in [2.75, 3.05) is 0 Å². The van der Waals surface area contributed by atoms with E-state index in [1.165, 1.54) is 38.0 Å². The van der Waals surface area contributed by atoms with Gasteiger partial charge >= 0.3 is 0 Å². The van der Waals surface area contributed by atoms with Crippen LogP contribution in [0.4, 0.5) is 0 Å². The van der Waals surface area contributed by atoms with Crippen molar-refractivity contribution < 1.29 is 0 Å². The van der Waals surface area contributed by atoms with Gasteiger partial charge in [-0.15, -0.1) is 0 Å². The summed E-state index contributed by atoms with van der Waals surface area (Å²) in [5.41, 5.74) is 8.01. The summed E-state index contributed by atoms with van der Waals surface area (Å²) in [7, 11) is -1.85. The highest BCUT2D eigenvalue weighted by molar-refractivity contribution is 7.04. The van der Waals surface area contributed by atoms with Crippen LogP contribution in [0.5, 0.6) is 0 Å². The Kier molecular flexibility index (Phi) is 5.91. The summed E-state index contributed by atoms with van der Waals surface area (Å²) in [6, 6.07) is 49.2. The molecule has 43 heavy (non-hydrogen) atoms. The predicted molar refractivity (Wildman–Crippen MR) is 181 cm³/mol. The van der Waals surface area contributed by atoms with Gasteiger partial charge in [-0.3, -0.25) is 0 Å². The molecule has 0 radical (unpaired) electrons. The van der Waals surface area contributed by atoms with Crippen LogP contribution in [0.3, 0.4) is 0 Å². The van der Waals surface area contributed by atoms with Crippen LogP contribution in [0.15, 0.2) is 140 Å². The first-order valence-corrected chi connectivity index (χ1v) is 17.7. The molecule has 8 rings (SSSR count). The van der Waals surface area contributed by atoms with Crippen LogP contribution in [-0.2, 0) is 0 Å². The maximum atomic E-state index is 5.24. The number of fused-ring (bicyclic) bond motifs is 4. The van der Waals surface area contributed by atoms with Gasteiger partial charge in [-0.25, -0.2) is 15.0 Å². The summed E-state index contributed by atoms with van der Waals surface area (Å²) in [5.74, 6) is 2.07. The summed E-state index contributed by atoms with van der Waals surface area (Å²) in [5, 5.41) is 5.21. The summed E-state index contributed by atoms with van der Waals surface area (Å²) >= 11 is 0. The van der Waals surface area contributed by atoms with Crippen molar-refractivity contribution in [3.63, 3.8) is 0 Å². The number of rotatable bonds is 4. The van der Waals surface area contributed by atoms with Crippen LogP contribution in [-0.4, -0.2) is 23.0 Å². The van der Waals surface area contributed by atoms with Crippen molar-refractivity contribution >= 4 is 29.2 Å². The lowest BCUT2D eigenvalue weighted by Crippen LogP contribution is -2.49. The standard InChI is InChI=1S/C39H29N3Si/c1-43(2)34-22-12-11-20-32(34)36-33(21-13-23-35(36)43)39-41-37(27-16-7-4-8-17-27)40-38(42-39)31-25-24-28(26-14-5-3-6-15-26)29-18-9-10-19-30(29)31/h3-25H,1-2H3. The predicted octanol–water partition coefficient (Wildman–Crippen LogP) is 8.50. The Bertz CT molecular complexity index is 2150. The molecule has 4 heteroatoms. The van der Waals surface area contributed by atoms with E-state index in [4.69, 9.17) is 15.0 Å². The molecular formula is C39H29N3Si. The first-order chi connectivity index (χ1) is 21.1. The lowest BCUT2D eigenvalue weighted by Gasteiger charge is -2.19. The highest BCUT2D eigenvalue weighted by Crippen LogP contribution is 2.38. The third kappa shape index (κ3) is 4.14. The molecule has 7 aromatic rings. The van der Waals surface area contributed by atoms with E-state index in [1.807, 2.05) is 18.2 Å². The van der Waals surface area contributed by atoms with E-state index in [9.17, 15) is 0 Å². The maximum Gasteiger partial charge on any atom is 0.164 e. The molecule has 3 nitrogen and oxygen atoms in total. The largest absolute Gasteiger partial charge is 0.208 e. The minimum atomic E-state index is -1.85. The molecule has 0 atom stereocenters. The molecule has 0 saturated carbocycles. The molecule has 0 N–H and O–H groups in total. The van der Waals surface area contributed by atoms with E-state index in [1.54, 1.807) is 0 Å². The number of hydrogen-bond donors (Lipinski definition) is 0. The van der Waals surface area contributed by atoms with Gasteiger partial charge in [0.15, 0.2) is 17.5 Å². The van der Waals surface area contributed by atoms with Crippen molar-refractivity contribution in [1.29, 1.82) is 0 Å². The summed E-state index contributed by atoms with van der Waals surface area (Å²) in [6.07, 6.45) is 0. The highest BCUT2D eigenvalue weighted by atomic mass is 28.3. The van der Waals surface area contributed by atoms with Gasteiger partial charge in [-0.1, -0.05) is 147 Å². The maximum absolute atomic E-state index is 5.24. The molecule has 0 spiro atoms. The van der Waals surface area contributed by atoms with Crippen LogP contribution in [0, 0.1) is 0 Å². The lowest BCUT2D eigenvalue weighted by atomic mass is 9.94. The highest BCUT2D eigenvalue weighted by Gasteiger charge is 2.38. The number of nitrogens with zero attached hydrogens (tertiary/aromatic N) is 3. The molecule has 2 heterocycles. The molecule has 204 valence electrons. The molecule has 0 bridgehead atoms. The molecule has 1 aliphatic heterocycles. The smallest absolute Gasteiger partial charge is 0.164 e. The normalized spacial score (nSPS) is 13.1. The van der Waals surface area contributed by atoms with Crippen molar-refractivity contribution in [3.8, 4) is 56.4 Å². The summed E-state index contributed by atoms with van der Waals surface area (Å²) in [6.45, 7) is 4.88. The van der Waals surface area contributed by atoms with Gasteiger partial charge in [0, 0.05) is 16.7 Å². The van der Waals surface area contributed by atoms with Gasteiger partial charge in [-0.05, 0) is 49.5 Å². The molecule has 1 aliphatic rings. The van der Waals surface area contributed by atoms with E-state index >= 15 is 0 Å².